The SMILES string of the molecule is CCCN(C)c1nc(C)nc2c1c1c(n2-c2c(C)cc(C)cc2C)CCCC1. The molecule has 2 heterocycles. The molecule has 0 saturated heterocycles. The predicted molar refractivity (Wildman–Crippen MR) is 118 cm³/mol. The molecule has 0 saturated carbocycles. The smallest absolute Gasteiger partial charge is 0.150 e. The van der Waals surface area contributed by atoms with Crippen molar-refractivity contribution in [2.45, 2.75) is 66.7 Å². The molecular formula is C24H32N4. The van der Waals surface area contributed by atoms with Crippen molar-refractivity contribution in [3.8, 4) is 5.69 Å². The number of nitrogens with zero attached hydrogens (tertiary/aromatic N) is 4. The highest BCUT2D eigenvalue weighted by molar-refractivity contribution is 5.94. The number of rotatable bonds is 4. The Kier molecular flexibility index (Phi) is 4.90. The van der Waals surface area contributed by atoms with E-state index < -0.39 is 0 Å². The molecule has 0 amide bonds. The Bertz CT molecular complexity index is 1020. The van der Waals surface area contributed by atoms with Gasteiger partial charge in [0.15, 0.2) is 5.65 Å². The number of aromatic nitrogens is 3. The summed E-state index contributed by atoms with van der Waals surface area (Å²) >= 11 is 0. The van der Waals surface area contributed by atoms with Crippen molar-refractivity contribution in [2.24, 2.45) is 0 Å². The number of aryl methyl sites for hydroxylation is 5. The van der Waals surface area contributed by atoms with Gasteiger partial charge in [0.1, 0.15) is 11.6 Å². The van der Waals surface area contributed by atoms with Crippen LogP contribution in [0.1, 0.15) is 60.0 Å². The molecule has 0 aliphatic heterocycles. The Morgan fingerprint density at radius 3 is 2.36 bits per heavy atom. The van der Waals surface area contributed by atoms with Gasteiger partial charge in [0.2, 0.25) is 0 Å². The van der Waals surface area contributed by atoms with E-state index in [1.165, 1.54) is 51.9 Å². The van der Waals surface area contributed by atoms with E-state index in [9.17, 15) is 0 Å². The summed E-state index contributed by atoms with van der Waals surface area (Å²) in [4.78, 5) is 12.2. The maximum absolute atomic E-state index is 4.99. The molecule has 0 unspecified atom stereocenters. The molecule has 0 bridgehead atoms. The van der Waals surface area contributed by atoms with Crippen molar-refractivity contribution in [1.29, 1.82) is 0 Å². The van der Waals surface area contributed by atoms with Crippen LogP contribution < -0.4 is 4.90 Å². The third kappa shape index (κ3) is 2.99. The third-order valence-corrected chi connectivity index (χ3v) is 5.98. The van der Waals surface area contributed by atoms with Crippen LogP contribution >= 0.6 is 0 Å². The van der Waals surface area contributed by atoms with Gasteiger partial charge < -0.3 is 4.90 Å². The average Bonchev–Trinajstić information content (AvgIpc) is 2.95. The zero-order valence-electron chi connectivity index (χ0n) is 18.2. The summed E-state index contributed by atoms with van der Waals surface area (Å²) in [5, 5.41) is 1.27. The van der Waals surface area contributed by atoms with Crippen LogP contribution in [0.2, 0.25) is 0 Å². The van der Waals surface area contributed by atoms with Gasteiger partial charge in [0, 0.05) is 19.3 Å². The van der Waals surface area contributed by atoms with E-state index in [1.54, 1.807) is 0 Å². The summed E-state index contributed by atoms with van der Waals surface area (Å²) < 4.78 is 2.46. The van der Waals surface area contributed by atoms with E-state index in [4.69, 9.17) is 9.97 Å². The maximum Gasteiger partial charge on any atom is 0.150 e. The summed E-state index contributed by atoms with van der Waals surface area (Å²) in [6.45, 7) is 11.9. The Morgan fingerprint density at radius 2 is 1.68 bits per heavy atom. The molecule has 4 rings (SSSR count). The van der Waals surface area contributed by atoms with Crippen molar-refractivity contribution in [1.82, 2.24) is 14.5 Å². The zero-order valence-corrected chi connectivity index (χ0v) is 18.2. The van der Waals surface area contributed by atoms with Crippen LogP contribution in [-0.4, -0.2) is 28.1 Å². The lowest BCUT2D eigenvalue weighted by Gasteiger charge is -2.19. The molecule has 0 fully saturated rings. The van der Waals surface area contributed by atoms with E-state index in [0.29, 0.717) is 0 Å². The summed E-state index contributed by atoms with van der Waals surface area (Å²) in [7, 11) is 2.17. The monoisotopic (exact) mass is 376 g/mol. The fourth-order valence-corrected chi connectivity index (χ4v) is 4.99. The van der Waals surface area contributed by atoms with Crippen molar-refractivity contribution in [2.75, 3.05) is 18.5 Å². The highest BCUT2D eigenvalue weighted by Crippen LogP contribution is 2.39. The standard InChI is InChI=1S/C24H32N4/c1-7-12-27(6)23-21-19-10-8-9-11-20(19)28(24(21)26-18(5)25-23)22-16(3)13-15(2)14-17(22)4/h13-14H,7-12H2,1-6H3. The molecule has 4 heteroatoms. The summed E-state index contributed by atoms with van der Waals surface area (Å²) in [6.07, 6.45) is 5.86. The van der Waals surface area contributed by atoms with Crippen LogP contribution in [0.4, 0.5) is 5.82 Å². The summed E-state index contributed by atoms with van der Waals surface area (Å²) in [6, 6.07) is 4.59. The summed E-state index contributed by atoms with van der Waals surface area (Å²) in [5.41, 5.74) is 9.28. The lowest BCUT2D eigenvalue weighted by Crippen LogP contribution is -2.20. The minimum atomic E-state index is 0.851. The van der Waals surface area contributed by atoms with Gasteiger partial charge in [-0.05, 0) is 76.5 Å². The quantitative estimate of drug-likeness (QED) is 0.613. The zero-order chi connectivity index (χ0) is 20.0. The Balaban J connectivity index is 2.11. The Morgan fingerprint density at radius 1 is 1.00 bits per heavy atom. The minimum absolute atomic E-state index is 0.851. The first-order valence-corrected chi connectivity index (χ1v) is 10.6. The van der Waals surface area contributed by atoms with Crippen molar-refractivity contribution < 1.29 is 0 Å². The van der Waals surface area contributed by atoms with E-state index in [-0.39, 0.29) is 0 Å². The van der Waals surface area contributed by atoms with Gasteiger partial charge >= 0.3 is 0 Å². The molecule has 1 aromatic carbocycles. The van der Waals surface area contributed by atoms with Gasteiger partial charge in [-0.25, -0.2) is 9.97 Å². The van der Waals surface area contributed by atoms with Crippen molar-refractivity contribution in [3.05, 3.63) is 45.9 Å². The van der Waals surface area contributed by atoms with E-state index >= 15 is 0 Å². The minimum Gasteiger partial charge on any atom is -0.359 e. The first-order valence-electron chi connectivity index (χ1n) is 10.6. The first-order chi connectivity index (χ1) is 13.4. The third-order valence-electron chi connectivity index (χ3n) is 5.98. The van der Waals surface area contributed by atoms with Crippen LogP contribution in [0.3, 0.4) is 0 Å². The van der Waals surface area contributed by atoms with Crippen LogP contribution in [-0.2, 0) is 12.8 Å². The largest absolute Gasteiger partial charge is 0.359 e. The molecule has 2 aromatic heterocycles. The van der Waals surface area contributed by atoms with Gasteiger partial charge in [-0.1, -0.05) is 24.6 Å². The van der Waals surface area contributed by atoms with Crippen molar-refractivity contribution in [3.63, 3.8) is 0 Å². The topological polar surface area (TPSA) is 34.0 Å². The number of fused-ring (bicyclic) bond motifs is 3. The second-order valence-corrected chi connectivity index (χ2v) is 8.43. The van der Waals surface area contributed by atoms with Gasteiger partial charge in [0.05, 0.1) is 11.1 Å². The molecule has 148 valence electrons. The van der Waals surface area contributed by atoms with Crippen LogP contribution in [0.25, 0.3) is 16.7 Å². The van der Waals surface area contributed by atoms with Gasteiger partial charge in [0.25, 0.3) is 0 Å². The van der Waals surface area contributed by atoms with Crippen molar-refractivity contribution >= 4 is 16.9 Å². The lowest BCUT2D eigenvalue weighted by molar-refractivity contribution is 0.665. The molecule has 1 aliphatic carbocycles. The summed E-state index contributed by atoms with van der Waals surface area (Å²) in [5.74, 6) is 1.95. The number of benzene rings is 1. The molecular weight excluding hydrogens is 344 g/mol. The Labute approximate surface area is 168 Å². The number of hydrogen-bond donors (Lipinski definition) is 0. The van der Waals surface area contributed by atoms with Gasteiger partial charge in [-0.2, -0.15) is 0 Å². The highest BCUT2D eigenvalue weighted by Gasteiger charge is 2.27. The highest BCUT2D eigenvalue weighted by atomic mass is 15.2. The van der Waals surface area contributed by atoms with Crippen LogP contribution in [0.5, 0.6) is 0 Å². The molecule has 28 heavy (non-hydrogen) atoms. The van der Waals surface area contributed by atoms with Gasteiger partial charge in [-0.3, -0.25) is 4.57 Å². The second-order valence-electron chi connectivity index (χ2n) is 8.43. The predicted octanol–water partition coefficient (Wildman–Crippen LogP) is 5.38. The van der Waals surface area contributed by atoms with E-state index in [1.807, 2.05) is 6.92 Å². The lowest BCUT2D eigenvalue weighted by atomic mass is 9.95. The molecule has 0 radical (unpaired) electrons. The molecule has 0 atom stereocenters. The van der Waals surface area contributed by atoms with Crippen LogP contribution in [0, 0.1) is 27.7 Å². The average molecular weight is 377 g/mol. The van der Waals surface area contributed by atoms with E-state index in [2.05, 4.69) is 56.3 Å². The number of hydrogen-bond acceptors (Lipinski definition) is 3. The molecule has 3 aromatic rings. The van der Waals surface area contributed by atoms with Crippen LogP contribution in [0.15, 0.2) is 12.1 Å². The second kappa shape index (κ2) is 7.23. The molecule has 0 spiro atoms. The fraction of sp³-hybridized carbons (Fsp3) is 0.500. The normalized spacial score (nSPS) is 13.8. The van der Waals surface area contributed by atoms with Gasteiger partial charge in [-0.15, -0.1) is 0 Å². The Hall–Kier alpha value is -2.36. The molecule has 4 nitrogen and oxygen atoms in total. The first kappa shape index (κ1) is 19.0. The van der Waals surface area contributed by atoms with E-state index in [0.717, 1.165) is 43.1 Å². The maximum atomic E-state index is 4.99. The fourth-order valence-electron chi connectivity index (χ4n) is 4.99. The molecule has 0 N–H and O–H groups in total. The molecule has 1 aliphatic rings. The number of anilines is 1.